The van der Waals surface area contributed by atoms with Crippen molar-refractivity contribution in [1.82, 2.24) is 4.90 Å². The summed E-state index contributed by atoms with van der Waals surface area (Å²) in [7, 11) is 0. The lowest BCUT2D eigenvalue weighted by molar-refractivity contribution is -0.153. The number of aliphatic hydroxyl groups excluding tert-OH is 1. The molecule has 108 valence electrons. The lowest BCUT2D eigenvalue weighted by Gasteiger charge is -2.37. The molecule has 2 rings (SSSR count). The fourth-order valence-corrected chi connectivity index (χ4v) is 3.50. The van der Waals surface area contributed by atoms with E-state index >= 15 is 0 Å². The van der Waals surface area contributed by atoms with Crippen molar-refractivity contribution in [1.29, 1.82) is 0 Å². The lowest BCUT2D eigenvalue weighted by atomic mass is 9.76. The number of hydrogen-bond donors (Lipinski definition) is 1. The molecule has 1 heterocycles. The van der Waals surface area contributed by atoms with Crippen molar-refractivity contribution >= 4 is 11.8 Å². The van der Waals surface area contributed by atoms with Crippen molar-refractivity contribution in [3.63, 3.8) is 0 Å². The second-order valence-electron chi connectivity index (χ2n) is 6.14. The van der Waals surface area contributed by atoms with Gasteiger partial charge in [0.15, 0.2) is 0 Å². The monoisotopic (exact) mass is 267 g/mol. The van der Waals surface area contributed by atoms with E-state index in [1.54, 1.807) is 0 Å². The van der Waals surface area contributed by atoms with Crippen molar-refractivity contribution < 1.29 is 14.7 Å². The molecule has 1 spiro atoms. The fraction of sp³-hybridized carbons (Fsp3) is 0.867. The molecule has 0 unspecified atom stereocenters. The lowest BCUT2D eigenvalue weighted by Crippen LogP contribution is -2.47. The Balaban J connectivity index is 1.79. The van der Waals surface area contributed by atoms with E-state index in [0.717, 1.165) is 38.5 Å². The number of hydrogen-bond acceptors (Lipinski definition) is 3. The number of aliphatic hydroxyl groups is 1. The zero-order chi connectivity index (χ0) is 13.7. The highest BCUT2D eigenvalue weighted by Crippen LogP contribution is 2.46. The Morgan fingerprint density at radius 2 is 1.53 bits per heavy atom. The first-order valence-corrected chi connectivity index (χ1v) is 7.61. The number of rotatable bonds is 6. The van der Waals surface area contributed by atoms with Gasteiger partial charge in [0, 0.05) is 26.0 Å². The summed E-state index contributed by atoms with van der Waals surface area (Å²) in [5.74, 6) is 0.0839. The molecular weight excluding hydrogens is 242 g/mol. The number of nitrogens with zero attached hydrogens (tertiary/aromatic N) is 1. The summed E-state index contributed by atoms with van der Waals surface area (Å²) in [5.41, 5.74) is 0.0154. The molecule has 1 aliphatic heterocycles. The van der Waals surface area contributed by atoms with Gasteiger partial charge in [0.2, 0.25) is 11.8 Å². The molecule has 1 saturated heterocycles. The van der Waals surface area contributed by atoms with Gasteiger partial charge in [0.25, 0.3) is 0 Å². The van der Waals surface area contributed by atoms with Crippen LogP contribution in [0.15, 0.2) is 0 Å². The first-order valence-electron chi connectivity index (χ1n) is 7.61. The predicted octanol–water partition coefficient (Wildman–Crippen LogP) is 2.25. The van der Waals surface area contributed by atoms with Crippen LogP contribution in [-0.4, -0.2) is 35.0 Å². The molecule has 1 N–H and O–H groups in total. The summed E-state index contributed by atoms with van der Waals surface area (Å²) in [6.45, 7) is 0.795. The van der Waals surface area contributed by atoms with E-state index in [4.69, 9.17) is 5.11 Å². The maximum atomic E-state index is 12.2. The minimum atomic E-state index is 0.0154. The fourth-order valence-electron chi connectivity index (χ4n) is 3.50. The Morgan fingerprint density at radius 1 is 0.947 bits per heavy atom. The number of unbranched alkanes of at least 4 members (excludes halogenated alkanes) is 3. The van der Waals surface area contributed by atoms with Crippen molar-refractivity contribution in [2.45, 2.75) is 64.2 Å². The number of amides is 2. The van der Waals surface area contributed by atoms with Gasteiger partial charge in [0.05, 0.1) is 0 Å². The molecule has 0 aromatic carbocycles. The van der Waals surface area contributed by atoms with Gasteiger partial charge >= 0.3 is 0 Å². The average molecular weight is 267 g/mol. The highest BCUT2D eigenvalue weighted by atomic mass is 16.3. The van der Waals surface area contributed by atoms with Crippen LogP contribution in [0.5, 0.6) is 0 Å². The second-order valence-corrected chi connectivity index (χ2v) is 6.14. The van der Waals surface area contributed by atoms with Crippen molar-refractivity contribution in [3.05, 3.63) is 0 Å². The van der Waals surface area contributed by atoms with Crippen LogP contribution in [0.3, 0.4) is 0 Å². The van der Waals surface area contributed by atoms with E-state index in [9.17, 15) is 9.59 Å². The smallest absolute Gasteiger partial charge is 0.229 e. The van der Waals surface area contributed by atoms with Gasteiger partial charge in [-0.3, -0.25) is 14.5 Å². The van der Waals surface area contributed by atoms with E-state index in [2.05, 4.69) is 0 Å². The van der Waals surface area contributed by atoms with E-state index in [0.29, 0.717) is 19.4 Å². The molecule has 19 heavy (non-hydrogen) atoms. The predicted molar refractivity (Wildman–Crippen MR) is 72.4 cm³/mol. The Bertz CT molecular complexity index is 314. The van der Waals surface area contributed by atoms with Crippen LogP contribution in [0.25, 0.3) is 0 Å². The van der Waals surface area contributed by atoms with Crippen LogP contribution >= 0.6 is 0 Å². The molecule has 0 aromatic heterocycles. The zero-order valence-corrected chi connectivity index (χ0v) is 11.7. The molecule has 0 aromatic rings. The van der Waals surface area contributed by atoms with Crippen LogP contribution < -0.4 is 0 Å². The van der Waals surface area contributed by atoms with Crippen molar-refractivity contribution in [2.24, 2.45) is 5.41 Å². The Hall–Kier alpha value is -0.900. The van der Waals surface area contributed by atoms with Crippen LogP contribution in [-0.2, 0) is 9.59 Å². The number of carbonyl (C=O) groups excluding carboxylic acids is 2. The third-order valence-corrected chi connectivity index (χ3v) is 4.61. The minimum Gasteiger partial charge on any atom is -0.396 e. The Morgan fingerprint density at radius 3 is 2.11 bits per heavy atom. The first kappa shape index (κ1) is 14.5. The first-order chi connectivity index (χ1) is 9.17. The van der Waals surface area contributed by atoms with E-state index < -0.39 is 0 Å². The summed E-state index contributed by atoms with van der Waals surface area (Å²) in [6.07, 6.45) is 9.22. The third kappa shape index (κ3) is 3.56. The summed E-state index contributed by atoms with van der Waals surface area (Å²) in [6, 6.07) is 0. The largest absolute Gasteiger partial charge is 0.396 e. The molecule has 0 radical (unpaired) electrons. The summed E-state index contributed by atoms with van der Waals surface area (Å²) in [5, 5.41) is 8.70. The normalized spacial score (nSPS) is 22.5. The molecular formula is C15H25NO3. The van der Waals surface area contributed by atoms with Gasteiger partial charge in [-0.1, -0.05) is 25.7 Å². The summed E-state index contributed by atoms with van der Waals surface area (Å²) >= 11 is 0. The van der Waals surface area contributed by atoms with Crippen LogP contribution in [0, 0.1) is 5.41 Å². The summed E-state index contributed by atoms with van der Waals surface area (Å²) in [4.78, 5) is 25.8. The molecule has 2 fully saturated rings. The van der Waals surface area contributed by atoms with Gasteiger partial charge in [-0.25, -0.2) is 0 Å². The average Bonchev–Trinajstić information content (AvgIpc) is 2.80. The summed E-state index contributed by atoms with van der Waals surface area (Å²) < 4.78 is 0. The number of carbonyl (C=O) groups is 2. The molecule has 4 heteroatoms. The van der Waals surface area contributed by atoms with Gasteiger partial charge in [-0.15, -0.1) is 0 Å². The maximum absolute atomic E-state index is 12.2. The van der Waals surface area contributed by atoms with Crippen LogP contribution in [0.1, 0.15) is 64.2 Å². The van der Waals surface area contributed by atoms with Gasteiger partial charge in [-0.05, 0) is 31.1 Å². The van der Waals surface area contributed by atoms with Gasteiger partial charge in [-0.2, -0.15) is 0 Å². The molecule has 0 bridgehead atoms. The molecule has 2 amide bonds. The quantitative estimate of drug-likeness (QED) is 0.593. The van der Waals surface area contributed by atoms with E-state index in [-0.39, 0.29) is 23.8 Å². The molecule has 4 nitrogen and oxygen atoms in total. The maximum Gasteiger partial charge on any atom is 0.229 e. The number of piperidine rings is 1. The van der Waals surface area contributed by atoms with E-state index in [1.165, 1.54) is 17.7 Å². The van der Waals surface area contributed by atoms with Crippen molar-refractivity contribution in [3.8, 4) is 0 Å². The highest BCUT2D eigenvalue weighted by Gasteiger charge is 2.44. The van der Waals surface area contributed by atoms with Crippen LogP contribution in [0.4, 0.5) is 0 Å². The second kappa shape index (κ2) is 6.51. The molecule has 1 aliphatic carbocycles. The molecule has 2 aliphatic rings. The third-order valence-electron chi connectivity index (χ3n) is 4.61. The Kier molecular flexibility index (Phi) is 4.97. The molecule has 0 atom stereocenters. The van der Waals surface area contributed by atoms with Gasteiger partial charge < -0.3 is 5.11 Å². The molecule has 1 saturated carbocycles. The minimum absolute atomic E-state index is 0.0154. The van der Waals surface area contributed by atoms with Crippen molar-refractivity contribution in [2.75, 3.05) is 13.2 Å². The SMILES string of the molecule is O=C1CC2(CCCC2)CC(=O)N1CCCCCCO. The topological polar surface area (TPSA) is 57.6 Å². The van der Waals surface area contributed by atoms with Gasteiger partial charge in [0.1, 0.15) is 0 Å². The number of imide groups is 1. The Labute approximate surface area is 115 Å². The highest BCUT2D eigenvalue weighted by molar-refractivity contribution is 5.98. The number of likely N-dealkylation sites (tertiary alicyclic amines) is 1. The van der Waals surface area contributed by atoms with E-state index in [1.807, 2.05) is 0 Å². The zero-order valence-electron chi connectivity index (χ0n) is 11.7. The van der Waals surface area contributed by atoms with Crippen LogP contribution in [0.2, 0.25) is 0 Å². The standard InChI is InChI=1S/C15H25NO3/c17-10-6-2-1-5-9-16-13(18)11-15(12-14(16)19)7-3-4-8-15/h17H,1-12H2.